The highest BCUT2D eigenvalue weighted by Gasteiger charge is 2.24. The Kier molecular flexibility index (Phi) is 5.68. The zero-order chi connectivity index (χ0) is 18.5. The molecule has 0 bridgehead atoms. The van der Waals surface area contributed by atoms with Crippen LogP contribution in [0.15, 0.2) is 48.5 Å². The van der Waals surface area contributed by atoms with Crippen molar-refractivity contribution in [3.05, 3.63) is 59.7 Å². The monoisotopic (exact) mass is 353 g/mol. The zero-order valence-corrected chi connectivity index (χ0v) is 14.8. The predicted molar refractivity (Wildman–Crippen MR) is 99.4 cm³/mol. The minimum Gasteiger partial charge on any atom is -0.478 e. The largest absolute Gasteiger partial charge is 0.478 e. The summed E-state index contributed by atoms with van der Waals surface area (Å²) in [6, 6.07) is 14.0. The van der Waals surface area contributed by atoms with Gasteiger partial charge in [0.15, 0.2) is 0 Å². The summed E-state index contributed by atoms with van der Waals surface area (Å²) in [5, 5.41) is 12.6. The Balaban J connectivity index is 1.84. The number of amides is 1. The van der Waals surface area contributed by atoms with E-state index >= 15 is 0 Å². The van der Waals surface area contributed by atoms with Gasteiger partial charge in [-0.25, -0.2) is 4.79 Å². The van der Waals surface area contributed by atoms with Crippen LogP contribution in [0.4, 0.5) is 0 Å². The van der Waals surface area contributed by atoms with Gasteiger partial charge >= 0.3 is 5.97 Å². The second-order valence-corrected chi connectivity index (χ2v) is 6.58. The first-order chi connectivity index (χ1) is 12.6. The third-order valence-corrected chi connectivity index (χ3v) is 4.96. The smallest absolute Gasteiger partial charge is 0.336 e. The summed E-state index contributed by atoms with van der Waals surface area (Å²) >= 11 is 0. The molecule has 1 amide bonds. The quantitative estimate of drug-likeness (QED) is 0.859. The molecule has 3 rings (SSSR count). The molecular weight excluding hydrogens is 330 g/mol. The first-order valence-electron chi connectivity index (χ1n) is 8.85. The lowest BCUT2D eigenvalue weighted by Crippen LogP contribution is -2.39. The van der Waals surface area contributed by atoms with Crippen LogP contribution in [0, 0.1) is 0 Å². The van der Waals surface area contributed by atoms with Gasteiger partial charge in [-0.1, -0.05) is 36.4 Å². The fraction of sp³-hybridized carbons (Fsp3) is 0.333. The molecule has 0 spiro atoms. The molecule has 0 saturated heterocycles. The van der Waals surface area contributed by atoms with E-state index in [4.69, 9.17) is 4.74 Å². The third-order valence-electron chi connectivity index (χ3n) is 4.96. The molecule has 0 aromatic heterocycles. The number of nitrogens with one attached hydrogen (secondary N) is 1. The van der Waals surface area contributed by atoms with Gasteiger partial charge in [0.1, 0.15) is 0 Å². The first-order valence-corrected chi connectivity index (χ1v) is 8.85. The van der Waals surface area contributed by atoms with Gasteiger partial charge in [0.05, 0.1) is 11.7 Å². The predicted octanol–water partition coefficient (Wildman–Crippen LogP) is 3.74. The van der Waals surface area contributed by atoms with E-state index in [1.807, 2.05) is 6.07 Å². The lowest BCUT2D eigenvalue weighted by atomic mass is 9.91. The molecule has 5 heteroatoms. The average Bonchev–Trinajstić information content (AvgIpc) is 2.68. The van der Waals surface area contributed by atoms with Crippen molar-refractivity contribution in [1.82, 2.24) is 5.32 Å². The first kappa shape index (κ1) is 18.1. The highest BCUT2D eigenvalue weighted by molar-refractivity contribution is 6.04. The Hall–Kier alpha value is -2.66. The highest BCUT2D eigenvalue weighted by atomic mass is 16.5. The van der Waals surface area contributed by atoms with Gasteiger partial charge in [-0.05, 0) is 48.9 Å². The number of benzene rings is 2. The van der Waals surface area contributed by atoms with Gasteiger partial charge in [0, 0.05) is 18.7 Å². The molecule has 1 fully saturated rings. The minimum absolute atomic E-state index is 0.122. The van der Waals surface area contributed by atoms with Crippen molar-refractivity contribution < 1.29 is 19.4 Å². The molecule has 1 saturated carbocycles. The number of carboxylic acid groups (broad SMARTS) is 1. The van der Waals surface area contributed by atoms with Gasteiger partial charge in [-0.2, -0.15) is 0 Å². The summed E-state index contributed by atoms with van der Waals surface area (Å²) in [7, 11) is 1.72. The maximum atomic E-state index is 12.8. The molecule has 1 aliphatic carbocycles. The second kappa shape index (κ2) is 8.15. The van der Waals surface area contributed by atoms with Gasteiger partial charge in [-0.3, -0.25) is 4.79 Å². The number of carboxylic acids is 1. The second-order valence-electron chi connectivity index (χ2n) is 6.58. The van der Waals surface area contributed by atoms with Crippen molar-refractivity contribution in [3.8, 4) is 11.1 Å². The van der Waals surface area contributed by atoms with Gasteiger partial charge in [0.25, 0.3) is 5.91 Å². The Labute approximate surface area is 153 Å². The van der Waals surface area contributed by atoms with Gasteiger partial charge < -0.3 is 15.2 Å². The Morgan fingerprint density at radius 3 is 2.04 bits per heavy atom. The van der Waals surface area contributed by atoms with E-state index in [0.29, 0.717) is 16.7 Å². The number of aromatic carboxylic acids is 1. The average molecular weight is 353 g/mol. The SMILES string of the molecule is COC1CCC(NC(=O)c2ccccc2-c2ccccc2C(=O)O)CC1. The van der Waals surface area contributed by atoms with E-state index in [2.05, 4.69) is 5.32 Å². The molecule has 2 aromatic rings. The number of carbonyl (C=O) groups is 2. The summed E-state index contributed by atoms with van der Waals surface area (Å²) < 4.78 is 5.37. The van der Waals surface area contributed by atoms with Crippen LogP contribution in [0.1, 0.15) is 46.4 Å². The van der Waals surface area contributed by atoms with E-state index in [0.717, 1.165) is 25.7 Å². The molecule has 26 heavy (non-hydrogen) atoms. The molecular formula is C21H23NO4. The summed E-state index contributed by atoms with van der Waals surface area (Å²) in [5.41, 5.74) is 1.87. The number of carbonyl (C=O) groups excluding carboxylic acids is 1. The lowest BCUT2D eigenvalue weighted by molar-refractivity contribution is 0.0599. The molecule has 5 nitrogen and oxygen atoms in total. The van der Waals surface area contributed by atoms with Crippen LogP contribution in [-0.4, -0.2) is 36.2 Å². The summed E-state index contributed by atoms with van der Waals surface area (Å²) in [4.78, 5) is 24.4. The van der Waals surface area contributed by atoms with Crippen molar-refractivity contribution in [2.24, 2.45) is 0 Å². The topological polar surface area (TPSA) is 75.6 Å². The van der Waals surface area contributed by atoms with E-state index < -0.39 is 5.97 Å². The standard InChI is InChI=1S/C21H23NO4/c1-26-15-12-10-14(11-13-15)22-20(23)18-8-4-2-6-16(18)17-7-3-5-9-19(17)21(24)25/h2-9,14-15H,10-13H2,1H3,(H,22,23)(H,24,25). The van der Waals surface area contributed by atoms with E-state index in [1.54, 1.807) is 49.6 Å². The van der Waals surface area contributed by atoms with Crippen molar-refractivity contribution in [2.45, 2.75) is 37.8 Å². The van der Waals surface area contributed by atoms with Crippen LogP contribution in [0.25, 0.3) is 11.1 Å². The summed E-state index contributed by atoms with van der Waals surface area (Å²) in [6.07, 6.45) is 3.92. The van der Waals surface area contributed by atoms with Crippen LogP contribution >= 0.6 is 0 Å². The minimum atomic E-state index is -1.01. The lowest BCUT2D eigenvalue weighted by Gasteiger charge is -2.28. The Morgan fingerprint density at radius 1 is 0.923 bits per heavy atom. The number of methoxy groups -OCH3 is 1. The number of rotatable bonds is 5. The number of hydrogen-bond acceptors (Lipinski definition) is 3. The van der Waals surface area contributed by atoms with E-state index in [1.165, 1.54) is 0 Å². The van der Waals surface area contributed by atoms with Crippen LogP contribution in [0.2, 0.25) is 0 Å². The molecule has 0 aliphatic heterocycles. The maximum Gasteiger partial charge on any atom is 0.336 e. The molecule has 0 radical (unpaired) electrons. The molecule has 0 unspecified atom stereocenters. The Bertz CT molecular complexity index is 794. The van der Waals surface area contributed by atoms with Crippen molar-refractivity contribution >= 4 is 11.9 Å². The van der Waals surface area contributed by atoms with E-state index in [-0.39, 0.29) is 23.6 Å². The molecule has 1 aliphatic rings. The molecule has 0 atom stereocenters. The van der Waals surface area contributed by atoms with Gasteiger partial charge in [0.2, 0.25) is 0 Å². The molecule has 2 N–H and O–H groups in total. The third kappa shape index (κ3) is 3.94. The van der Waals surface area contributed by atoms with Crippen LogP contribution in [0.5, 0.6) is 0 Å². The van der Waals surface area contributed by atoms with Crippen LogP contribution < -0.4 is 5.32 Å². The summed E-state index contributed by atoms with van der Waals surface area (Å²) in [6.45, 7) is 0. The van der Waals surface area contributed by atoms with Crippen molar-refractivity contribution in [2.75, 3.05) is 7.11 Å². The van der Waals surface area contributed by atoms with Crippen LogP contribution in [0.3, 0.4) is 0 Å². The number of ether oxygens (including phenoxy) is 1. The molecule has 0 heterocycles. The molecule has 2 aromatic carbocycles. The fourth-order valence-electron chi connectivity index (χ4n) is 3.53. The molecule has 136 valence electrons. The number of hydrogen-bond donors (Lipinski definition) is 2. The van der Waals surface area contributed by atoms with E-state index in [9.17, 15) is 14.7 Å². The highest BCUT2D eigenvalue weighted by Crippen LogP contribution is 2.28. The fourth-order valence-corrected chi connectivity index (χ4v) is 3.53. The summed E-state index contributed by atoms with van der Waals surface area (Å²) in [5.74, 6) is -1.17. The maximum absolute atomic E-state index is 12.8. The van der Waals surface area contributed by atoms with Crippen molar-refractivity contribution in [1.29, 1.82) is 0 Å². The zero-order valence-electron chi connectivity index (χ0n) is 14.8. The Morgan fingerprint density at radius 2 is 1.46 bits per heavy atom. The normalized spacial score (nSPS) is 19.7. The van der Waals surface area contributed by atoms with Crippen LogP contribution in [-0.2, 0) is 4.74 Å². The van der Waals surface area contributed by atoms with Gasteiger partial charge in [-0.15, -0.1) is 0 Å². The van der Waals surface area contributed by atoms with Crippen molar-refractivity contribution in [3.63, 3.8) is 0 Å².